The lowest BCUT2D eigenvalue weighted by Crippen LogP contribution is -2.34. The van der Waals surface area contributed by atoms with Crippen molar-refractivity contribution in [3.05, 3.63) is 121 Å². The smallest absolute Gasteiger partial charge is 0.267 e. The maximum Gasteiger partial charge on any atom is 0.267 e. The quantitative estimate of drug-likeness (QED) is 0.0591. The third kappa shape index (κ3) is 17.5. The van der Waals surface area contributed by atoms with Crippen LogP contribution >= 0.6 is 0 Å². The van der Waals surface area contributed by atoms with Gasteiger partial charge in [0.2, 0.25) is 53.3 Å². The van der Waals surface area contributed by atoms with E-state index in [2.05, 4.69) is 80.7 Å². The van der Waals surface area contributed by atoms with E-state index in [0.717, 1.165) is 97.4 Å². The van der Waals surface area contributed by atoms with E-state index in [4.69, 9.17) is 41.9 Å². The number of aromatic nitrogens is 12. The minimum absolute atomic E-state index is 0.0646. The molecular formula is C76H88N28O6. The second kappa shape index (κ2) is 34.3. The number of carbonyl (C=O) groups is 6. The molecule has 4 aliphatic carbocycles. The van der Waals surface area contributed by atoms with Crippen LogP contribution in [0.15, 0.2) is 98.1 Å². The van der Waals surface area contributed by atoms with Crippen molar-refractivity contribution < 1.29 is 28.8 Å². The lowest BCUT2D eigenvalue weighted by atomic mass is 10.2. The largest absolute Gasteiger partial charge is 0.366 e. The minimum Gasteiger partial charge on any atom is -0.366 e. The molecule has 0 spiro atoms. The van der Waals surface area contributed by atoms with Crippen molar-refractivity contribution in [3.8, 4) is 12.1 Å². The van der Waals surface area contributed by atoms with E-state index in [1.54, 1.807) is 127 Å². The van der Waals surface area contributed by atoms with E-state index in [1.165, 1.54) is 70.0 Å². The first-order valence-corrected chi connectivity index (χ1v) is 37.3. The van der Waals surface area contributed by atoms with Gasteiger partial charge in [-0.25, -0.2) is 39.9 Å². The van der Waals surface area contributed by atoms with Crippen LogP contribution in [0.1, 0.15) is 161 Å². The van der Waals surface area contributed by atoms with Crippen LogP contribution in [0.25, 0.3) is 0 Å². The number of hydrogen-bond acceptors (Lipinski definition) is 28. The Morgan fingerprint density at radius 2 is 0.727 bits per heavy atom. The molecule has 8 N–H and O–H groups in total. The van der Waals surface area contributed by atoms with Crippen molar-refractivity contribution in [2.45, 2.75) is 153 Å². The number of nitriles is 2. The van der Waals surface area contributed by atoms with Crippen LogP contribution in [0.2, 0.25) is 0 Å². The second-order valence-electron chi connectivity index (χ2n) is 28.1. The first kappa shape index (κ1) is 75.4. The number of pyridine rings is 4. The molecule has 0 atom stereocenters. The summed E-state index contributed by atoms with van der Waals surface area (Å²) >= 11 is 0. The average molecular weight is 1490 g/mol. The number of carbonyl (C=O) groups excluding carboxylic acids is 6. The van der Waals surface area contributed by atoms with Crippen LogP contribution in [0.3, 0.4) is 0 Å². The summed E-state index contributed by atoms with van der Waals surface area (Å²) in [5, 5.41) is 30.1. The Morgan fingerprint density at radius 3 is 1.01 bits per heavy atom. The highest BCUT2D eigenvalue weighted by molar-refractivity contribution is 6.00. The van der Waals surface area contributed by atoms with Gasteiger partial charge in [0.1, 0.15) is 57.9 Å². The van der Waals surface area contributed by atoms with Gasteiger partial charge in [-0.15, -0.1) is 0 Å². The predicted octanol–water partition coefficient (Wildman–Crippen LogP) is 8.86. The highest BCUT2D eigenvalue weighted by Crippen LogP contribution is 2.41. The first-order valence-electron chi connectivity index (χ1n) is 37.3. The summed E-state index contributed by atoms with van der Waals surface area (Å²) in [5.41, 5.74) is 16.1. The Balaban J connectivity index is 0.000000129. The van der Waals surface area contributed by atoms with E-state index in [0.29, 0.717) is 140 Å². The monoisotopic (exact) mass is 1490 g/mol. The van der Waals surface area contributed by atoms with Gasteiger partial charge in [0.15, 0.2) is 23.3 Å². The van der Waals surface area contributed by atoms with Crippen molar-refractivity contribution in [1.29, 1.82) is 10.5 Å². The molecule has 110 heavy (non-hydrogen) atoms. The molecule has 8 aliphatic rings. The van der Waals surface area contributed by atoms with Crippen molar-refractivity contribution in [2.24, 2.45) is 11.5 Å². The summed E-state index contributed by atoms with van der Waals surface area (Å²) in [6.07, 6.45) is 33.3. The fourth-order valence-corrected chi connectivity index (χ4v) is 15.1. The molecule has 6 amide bonds. The van der Waals surface area contributed by atoms with Crippen molar-refractivity contribution in [1.82, 2.24) is 59.8 Å². The molecule has 12 heterocycles. The van der Waals surface area contributed by atoms with Crippen molar-refractivity contribution in [3.63, 3.8) is 0 Å². The number of primary amides is 2. The molecule has 4 fully saturated rings. The zero-order chi connectivity index (χ0) is 77.0. The molecule has 4 aliphatic heterocycles. The van der Waals surface area contributed by atoms with E-state index >= 15 is 0 Å². The molecule has 0 aromatic carbocycles. The van der Waals surface area contributed by atoms with Crippen LogP contribution in [-0.2, 0) is 19.2 Å². The molecule has 16 rings (SSSR count). The second-order valence-corrected chi connectivity index (χ2v) is 28.1. The summed E-state index contributed by atoms with van der Waals surface area (Å²) in [6, 6.07) is 19.0. The van der Waals surface area contributed by atoms with Crippen molar-refractivity contribution >= 4 is 128 Å². The van der Waals surface area contributed by atoms with Crippen molar-refractivity contribution in [2.75, 3.05) is 115 Å². The zero-order valence-corrected chi connectivity index (χ0v) is 62.0. The number of fused-ring (bicyclic) bond motifs is 4. The van der Waals surface area contributed by atoms with Crippen LogP contribution in [-0.4, -0.2) is 174 Å². The van der Waals surface area contributed by atoms with Gasteiger partial charge in [-0.05, 0) is 99.9 Å². The topological polar surface area (TPSA) is 431 Å². The highest BCUT2D eigenvalue weighted by atomic mass is 16.2. The number of hydrogen-bond donors (Lipinski definition) is 6. The lowest BCUT2D eigenvalue weighted by molar-refractivity contribution is -0.118. The van der Waals surface area contributed by atoms with E-state index in [1.807, 2.05) is 12.1 Å². The van der Waals surface area contributed by atoms with Gasteiger partial charge in [-0.3, -0.25) is 28.8 Å². The molecule has 8 aromatic rings. The molecule has 34 nitrogen and oxygen atoms in total. The molecule has 8 aromatic heterocycles. The minimum atomic E-state index is -0.576. The Hall–Kier alpha value is -12.9. The highest BCUT2D eigenvalue weighted by Gasteiger charge is 2.37. The van der Waals surface area contributed by atoms with E-state index in [-0.39, 0.29) is 29.3 Å². The third-order valence-electron chi connectivity index (χ3n) is 21.2. The van der Waals surface area contributed by atoms with Crippen LogP contribution < -0.4 is 71.9 Å². The summed E-state index contributed by atoms with van der Waals surface area (Å²) in [5.74, 6) is 5.09. The first-order chi connectivity index (χ1) is 53.4. The molecule has 0 unspecified atom stereocenters. The maximum absolute atomic E-state index is 12.4. The van der Waals surface area contributed by atoms with E-state index < -0.39 is 11.8 Å². The van der Waals surface area contributed by atoms with E-state index in [9.17, 15) is 28.8 Å². The molecule has 0 radical (unpaired) electrons. The van der Waals surface area contributed by atoms with Gasteiger partial charge in [-0.2, -0.15) is 30.5 Å². The Labute approximate surface area is 636 Å². The predicted molar refractivity (Wildman–Crippen MR) is 415 cm³/mol. The number of amides is 6. The number of rotatable bonds is 14. The average Bonchev–Trinajstić information content (AvgIpc) is 1.74. The summed E-state index contributed by atoms with van der Waals surface area (Å²) in [6.45, 7) is 2.66. The fraction of sp³-hybridized carbons (Fsp3) is 0.421. The van der Waals surface area contributed by atoms with Gasteiger partial charge in [0.05, 0.1) is 59.7 Å². The number of nitrogens with zero attached hydrogens (tertiary/aromatic N) is 22. The molecule has 568 valence electrons. The number of anilines is 16. The third-order valence-corrected chi connectivity index (χ3v) is 21.2. The Bertz CT molecular complexity index is 4450. The van der Waals surface area contributed by atoms with Gasteiger partial charge in [-0.1, -0.05) is 51.4 Å². The standard InChI is InChI=1S/2C19H23N7O2.2C19H21N7O/c1-25-14-11-22-19(23-15-7-6-12(10-21-15)17(20)28)24-18(14)26(9-8-16(25)27)13-4-2-3-5-13;1-25-15-11-22-19(23-12-6-7-14(17(20)28)21-10-12)24-18(15)26(9-8-16(25)27)13-4-2-3-5-13;1-25-16-12-22-19(23-14-7-6-13(10-20)21-11-14)24-18(16)26(9-8-17(25)27)15-4-2-3-5-15;1-25-15-12-22-19(23-16-7-6-13(10-20)11-21-16)24-18(15)26(9-8-17(25)27)14-4-2-3-5-14/h6-7,10-11,13H,2-5,8-9H2,1H3,(H2,20,28)(H,21,22,23,24);6-7,10-11,13H,2-5,8-9H2,1H3,(H2,20,28)(H,22,23,24);6-7,11-12,15H,2-5,8-9H2,1H3,(H,22,23,24);6-7,11-12,14H,2-5,8-9H2,1H3,(H,21,22,23,24). The summed E-state index contributed by atoms with van der Waals surface area (Å²) < 4.78 is 0. The molecular weight excluding hydrogens is 1400 g/mol. The lowest BCUT2D eigenvalue weighted by Gasteiger charge is -2.30. The molecule has 0 saturated heterocycles. The normalized spacial score (nSPS) is 17.4. The SMILES string of the molecule is CN1C(=O)CCN(C2CCCC2)c2nc(Nc3ccc(C#N)cn3)ncc21.CN1C(=O)CCN(C2CCCC2)c2nc(Nc3ccc(C#N)nc3)ncc21.CN1C(=O)CCN(C2CCCC2)c2nc(Nc3ccc(C(N)=O)cn3)ncc21.CN1C(=O)CCN(C2CCCC2)c2nc(Nc3ccc(C(N)=O)nc3)ncc21. The summed E-state index contributed by atoms with van der Waals surface area (Å²) in [4.78, 5) is 140. The molecule has 4 saturated carbocycles. The van der Waals surface area contributed by atoms with Crippen LogP contribution in [0.4, 0.5) is 92.8 Å². The van der Waals surface area contributed by atoms with Gasteiger partial charge in [0.25, 0.3) is 5.91 Å². The van der Waals surface area contributed by atoms with Gasteiger partial charge in [0, 0.05) is 117 Å². The fourth-order valence-electron chi connectivity index (χ4n) is 15.1. The molecule has 0 bridgehead atoms. The van der Waals surface area contributed by atoms with Gasteiger partial charge < -0.3 is 71.9 Å². The summed E-state index contributed by atoms with van der Waals surface area (Å²) in [7, 11) is 7.08. The maximum atomic E-state index is 12.4. The Morgan fingerprint density at radius 1 is 0.382 bits per heavy atom. The van der Waals surface area contributed by atoms with Crippen LogP contribution in [0, 0.1) is 22.7 Å². The molecule has 34 heteroatoms. The Kier molecular flexibility index (Phi) is 23.5. The zero-order valence-electron chi connectivity index (χ0n) is 62.0. The van der Waals surface area contributed by atoms with Crippen LogP contribution in [0.5, 0.6) is 0 Å². The number of nitrogens with two attached hydrogens (primary N) is 2. The number of nitrogens with one attached hydrogen (secondary N) is 4. The van der Waals surface area contributed by atoms with Gasteiger partial charge >= 0.3 is 0 Å².